The van der Waals surface area contributed by atoms with Gasteiger partial charge in [0.05, 0.1) is 6.61 Å². The van der Waals surface area contributed by atoms with Crippen molar-refractivity contribution in [2.75, 3.05) is 18.7 Å². The Morgan fingerprint density at radius 2 is 2.08 bits per heavy atom. The van der Waals surface area contributed by atoms with E-state index in [9.17, 15) is 10.1 Å². The number of hydrogen-bond acceptors (Lipinski definition) is 5. The van der Waals surface area contributed by atoms with Crippen molar-refractivity contribution in [3.63, 3.8) is 0 Å². The molecule has 1 aliphatic heterocycles. The highest BCUT2D eigenvalue weighted by molar-refractivity contribution is 6.09. The molecular weight excluding hydrogens is 332 g/mol. The second kappa shape index (κ2) is 7.62. The number of nitriles is 1. The molecule has 3 rings (SSSR count). The number of amides is 1. The van der Waals surface area contributed by atoms with Gasteiger partial charge in [0, 0.05) is 17.3 Å². The van der Waals surface area contributed by atoms with Gasteiger partial charge in [0.1, 0.15) is 17.4 Å². The maximum absolute atomic E-state index is 12.5. The van der Waals surface area contributed by atoms with Crippen molar-refractivity contribution in [3.8, 4) is 23.3 Å². The van der Waals surface area contributed by atoms with Gasteiger partial charge in [-0.2, -0.15) is 5.26 Å². The minimum absolute atomic E-state index is 0.0358. The van der Waals surface area contributed by atoms with Gasteiger partial charge >= 0.3 is 0 Å². The Balaban J connectivity index is 1.91. The van der Waals surface area contributed by atoms with E-state index in [1.807, 2.05) is 38.1 Å². The normalized spacial score (nSPS) is 12.4. The SMILES string of the molecule is CCOc1cc2c(cc1/C=C(\C#N)C(=O)Nc1cccc(C)c1)OCO2. The first kappa shape index (κ1) is 17.4. The Labute approximate surface area is 151 Å². The van der Waals surface area contributed by atoms with Crippen LogP contribution in [0.25, 0.3) is 6.08 Å². The first-order valence-electron chi connectivity index (χ1n) is 8.17. The lowest BCUT2D eigenvalue weighted by Crippen LogP contribution is -2.13. The molecule has 2 aromatic carbocycles. The molecule has 1 N–H and O–H groups in total. The Morgan fingerprint density at radius 1 is 1.31 bits per heavy atom. The van der Waals surface area contributed by atoms with E-state index in [2.05, 4.69) is 5.32 Å². The van der Waals surface area contributed by atoms with Crippen molar-refractivity contribution in [1.29, 1.82) is 5.26 Å². The number of fused-ring (bicyclic) bond motifs is 1. The van der Waals surface area contributed by atoms with Crippen molar-refractivity contribution >= 4 is 17.7 Å². The second-order valence-electron chi connectivity index (χ2n) is 5.67. The third-order valence-electron chi connectivity index (χ3n) is 3.75. The average molecular weight is 350 g/mol. The highest BCUT2D eigenvalue weighted by Crippen LogP contribution is 2.39. The highest BCUT2D eigenvalue weighted by Gasteiger charge is 2.19. The number of carbonyl (C=O) groups is 1. The molecule has 0 saturated heterocycles. The third-order valence-corrected chi connectivity index (χ3v) is 3.75. The number of nitrogens with zero attached hydrogens (tertiary/aromatic N) is 1. The van der Waals surface area contributed by atoms with E-state index in [0.717, 1.165) is 5.56 Å². The summed E-state index contributed by atoms with van der Waals surface area (Å²) in [7, 11) is 0. The van der Waals surface area contributed by atoms with Crippen LogP contribution in [0.4, 0.5) is 5.69 Å². The number of ether oxygens (including phenoxy) is 3. The molecule has 0 spiro atoms. The molecule has 0 aliphatic carbocycles. The number of benzene rings is 2. The zero-order valence-electron chi connectivity index (χ0n) is 14.5. The Bertz CT molecular complexity index is 913. The first-order chi connectivity index (χ1) is 12.6. The lowest BCUT2D eigenvalue weighted by atomic mass is 10.1. The van der Waals surface area contributed by atoms with Gasteiger partial charge in [-0.1, -0.05) is 12.1 Å². The van der Waals surface area contributed by atoms with Crippen LogP contribution in [0, 0.1) is 18.3 Å². The summed E-state index contributed by atoms with van der Waals surface area (Å²) in [6.07, 6.45) is 1.48. The minimum atomic E-state index is -0.488. The van der Waals surface area contributed by atoms with Gasteiger partial charge in [-0.15, -0.1) is 0 Å². The smallest absolute Gasteiger partial charge is 0.266 e. The largest absolute Gasteiger partial charge is 0.493 e. The highest BCUT2D eigenvalue weighted by atomic mass is 16.7. The van der Waals surface area contributed by atoms with Crippen LogP contribution in [-0.2, 0) is 4.79 Å². The van der Waals surface area contributed by atoms with Gasteiger partial charge in [0.15, 0.2) is 11.5 Å². The summed E-state index contributed by atoms with van der Waals surface area (Å²) < 4.78 is 16.3. The van der Waals surface area contributed by atoms with Crippen LogP contribution in [-0.4, -0.2) is 19.3 Å². The predicted molar refractivity (Wildman–Crippen MR) is 97.1 cm³/mol. The summed E-state index contributed by atoms with van der Waals surface area (Å²) in [5, 5.41) is 12.2. The molecule has 0 fully saturated rings. The standard InChI is InChI=1S/C20H18N2O4/c1-3-24-17-10-19-18(25-12-26-19)9-14(17)8-15(11-21)20(23)22-16-6-4-5-13(2)7-16/h4-10H,3,12H2,1-2H3,(H,22,23)/b15-8+. The first-order valence-corrected chi connectivity index (χ1v) is 8.17. The molecule has 0 bridgehead atoms. The molecule has 0 atom stereocenters. The molecule has 6 heteroatoms. The zero-order valence-corrected chi connectivity index (χ0v) is 14.5. The van der Waals surface area contributed by atoms with Crippen molar-refractivity contribution in [2.24, 2.45) is 0 Å². The number of carbonyl (C=O) groups excluding carboxylic acids is 1. The maximum Gasteiger partial charge on any atom is 0.266 e. The Morgan fingerprint density at radius 3 is 2.77 bits per heavy atom. The van der Waals surface area contributed by atoms with E-state index in [1.54, 1.807) is 18.2 Å². The fourth-order valence-corrected chi connectivity index (χ4v) is 2.56. The van der Waals surface area contributed by atoms with Crippen molar-refractivity contribution in [3.05, 3.63) is 53.1 Å². The number of aryl methyl sites for hydroxylation is 1. The number of rotatable bonds is 5. The van der Waals surface area contributed by atoms with E-state index >= 15 is 0 Å². The molecule has 0 saturated carbocycles. The van der Waals surface area contributed by atoms with Crippen LogP contribution in [0.1, 0.15) is 18.1 Å². The molecular formula is C20H18N2O4. The van der Waals surface area contributed by atoms with Crippen LogP contribution in [0.5, 0.6) is 17.2 Å². The van der Waals surface area contributed by atoms with Crippen LogP contribution in [0.2, 0.25) is 0 Å². The fraction of sp³-hybridized carbons (Fsp3) is 0.200. The van der Waals surface area contributed by atoms with E-state index in [-0.39, 0.29) is 12.4 Å². The maximum atomic E-state index is 12.5. The summed E-state index contributed by atoms with van der Waals surface area (Å²) in [5.74, 6) is 1.16. The van der Waals surface area contributed by atoms with Crippen molar-refractivity contribution in [2.45, 2.75) is 13.8 Å². The van der Waals surface area contributed by atoms with E-state index in [4.69, 9.17) is 14.2 Å². The van der Waals surface area contributed by atoms with Crippen molar-refractivity contribution in [1.82, 2.24) is 0 Å². The van der Waals surface area contributed by atoms with E-state index in [1.165, 1.54) is 6.08 Å². The monoisotopic (exact) mass is 350 g/mol. The average Bonchev–Trinajstić information content (AvgIpc) is 3.07. The lowest BCUT2D eigenvalue weighted by Gasteiger charge is -2.10. The molecule has 26 heavy (non-hydrogen) atoms. The number of anilines is 1. The lowest BCUT2D eigenvalue weighted by molar-refractivity contribution is -0.112. The molecule has 132 valence electrons. The number of hydrogen-bond donors (Lipinski definition) is 1. The van der Waals surface area contributed by atoms with Gasteiger partial charge in [-0.25, -0.2) is 0 Å². The van der Waals surface area contributed by atoms with Crippen LogP contribution in [0.3, 0.4) is 0 Å². The van der Waals surface area contributed by atoms with Crippen molar-refractivity contribution < 1.29 is 19.0 Å². The van der Waals surface area contributed by atoms with Gasteiger partial charge in [0.2, 0.25) is 6.79 Å². The zero-order chi connectivity index (χ0) is 18.5. The van der Waals surface area contributed by atoms with Gasteiger partial charge in [0.25, 0.3) is 5.91 Å². The molecule has 0 radical (unpaired) electrons. The third kappa shape index (κ3) is 3.78. The number of nitrogens with one attached hydrogen (secondary N) is 1. The van der Waals surface area contributed by atoms with Crippen LogP contribution >= 0.6 is 0 Å². The molecule has 0 aromatic heterocycles. The summed E-state index contributed by atoms with van der Waals surface area (Å²) in [6, 6.07) is 12.7. The predicted octanol–water partition coefficient (Wildman–Crippen LogP) is 3.67. The summed E-state index contributed by atoms with van der Waals surface area (Å²) >= 11 is 0. The molecule has 1 heterocycles. The second-order valence-corrected chi connectivity index (χ2v) is 5.67. The molecule has 1 aliphatic rings. The Hall–Kier alpha value is -3.46. The summed E-state index contributed by atoms with van der Waals surface area (Å²) in [6.45, 7) is 4.36. The molecule has 6 nitrogen and oxygen atoms in total. The van der Waals surface area contributed by atoms with E-state index < -0.39 is 5.91 Å². The Kier molecular flexibility index (Phi) is 5.09. The summed E-state index contributed by atoms with van der Waals surface area (Å²) in [5.41, 5.74) is 2.19. The van der Waals surface area contributed by atoms with Gasteiger partial charge in [-0.3, -0.25) is 4.79 Å². The van der Waals surface area contributed by atoms with Crippen LogP contribution < -0.4 is 19.5 Å². The minimum Gasteiger partial charge on any atom is -0.493 e. The molecule has 1 amide bonds. The fourth-order valence-electron chi connectivity index (χ4n) is 2.56. The van der Waals surface area contributed by atoms with E-state index in [0.29, 0.717) is 35.1 Å². The summed E-state index contributed by atoms with van der Waals surface area (Å²) in [4.78, 5) is 12.5. The van der Waals surface area contributed by atoms with Crippen LogP contribution in [0.15, 0.2) is 42.0 Å². The molecule has 2 aromatic rings. The molecule has 0 unspecified atom stereocenters. The van der Waals surface area contributed by atoms with Gasteiger partial charge in [-0.05, 0) is 43.7 Å². The quantitative estimate of drug-likeness (QED) is 0.657. The topological polar surface area (TPSA) is 80.6 Å². The van der Waals surface area contributed by atoms with Gasteiger partial charge < -0.3 is 19.5 Å².